The number of aromatic nitrogens is 2. The van der Waals surface area contributed by atoms with Gasteiger partial charge in [-0.25, -0.2) is 9.36 Å². The lowest BCUT2D eigenvalue weighted by atomic mass is 10.2. The molecule has 0 aliphatic heterocycles. The lowest BCUT2D eigenvalue weighted by Crippen LogP contribution is -2.40. The van der Waals surface area contributed by atoms with Crippen LogP contribution in [0.15, 0.2) is 64.2 Å². The summed E-state index contributed by atoms with van der Waals surface area (Å²) in [7, 11) is 0. The van der Waals surface area contributed by atoms with Crippen molar-refractivity contribution in [1.29, 1.82) is 0 Å². The van der Waals surface area contributed by atoms with Crippen LogP contribution in [-0.4, -0.2) is 45.5 Å². The first-order chi connectivity index (χ1) is 18.3. The van der Waals surface area contributed by atoms with Crippen LogP contribution < -0.4 is 21.3 Å². The van der Waals surface area contributed by atoms with Crippen molar-refractivity contribution in [3.8, 4) is 11.4 Å². The van der Waals surface area contributed by atoms with Gasteiger partial charge < -0.3 is 15.0 Å². The van der Waals surface area contributed by atoms with Crippen molar-refractivity contribution in [3.63, 3.8) is 0 Å². The normalized spacial score (nSPS) is 10.9. The Labute approximate surface area is 223 Å². The number of fused-ring (bicyclic) bond motifs is 1. The molecule has 0 bridgehead atoms. The number of thiophene rings is 1. The van der Waals surface area contributed by atoms with Crippen molar-refractivity contribution in [3.05, 3.63) is 85.9 Å². The van der Waals surface area contributed by atoms with Gasteiger partial charge in [0, 0.05) is 18.8 Å². The number of hydrogen-bond acceptors (Lipinski definition) is 6. The average molecular weight is 535 g/mol. The number of carbonyl (C=O) groups is 2. The van der Waals surface area contributed by atoms with Gasteiger partial charge in [-0.3, -0.25) is 19.0 Å². The molecule has 4 rings (SSSR count). The second-order valence-electron chi connectivity index (χ2n) is 8.56. The summed E-state index contributed by atoms with van der Waals surface area (Å²) in [6.45, 7) is 8.57. The Morgan fingerprint density at radius 3 is 2.24 bits per heavy atom. The van der Waals surface area contributed by atoms with E-state index in [1.54, 1.807) is 66.4 Å². The molecule has 38 heavy (non-hydrogen) atoms. The fourth-order valence-corrected chi connectivity index (χ4v) is 5.55. The lowest BCUT2D eigenvalue weighted by Gasteiger charge is -2.17. The highest BCUT2D eigenvalue weighted by Crippen LogP contribution is 2.29. The second-order valence-corrected chi connectivity index (χ2v) is 9.56. The summed E-state index contributed by atoms with van der Waals surface area (Å²) < 4.78 is 7.76. The molecule has 0 radical (unpaired) electrons. The highest BCUT2D eigenvalue weighted by atomic mass is 32.1. The van der Waals surface area contributed by atoms with Crippen molar-refractivity contribution < 1.29 is 14.3 Å². The molecule has 4 aromatic rings. The highest BCUT2D eigenvalue weighted by molar-refractivity contribution is 7.20. The molecule has 10 heteroatoms. The van der Waals surface area contributed by atoms with Crippen molar-refractivity contribution >= 4 is 39.1 Å². The Kier molecular flexibility index (Phi) is 8.11. The third kappa shape index (κ3) is 5.12. The van der Waals surface area contributed by atoms with Gasteiger partial charge in [0.15, 0.2) is 0 Å². The molecule has 2 heterocycles. The first kappa shape index (κ1) is 26.9. The SMILES string of the molecule is CCOc1ccc(NC(=O)Cn2c(=O)n(-c3ccccc3)c(=O)c3c(C)c(C(=O)N(CC)CC)sc32)cc1. The van der Waals surface area contributed by atoms with Gasteiger partial charge in [-0.15, -0.1) is 11.3 Å². The maximum Gasteiger partial charge on any atom is 0.337 e. The summed E-state index contributed by atoms with van der Waals surface area (Å²) in [5.41, 5.74) is 0.244. The summed E-state index contributed by atoms with van der Waals surface area (Å²) >= 11 is 1.07. The maximum atomic E-state index is 13.7. The van der Waals surface area contributed by atoms with E-state index in [4.69, 9.17) is 4.74 Å². The number of nitrogens with zero attached hydrogens (tertiary/aromatic N) is 3. The number of benzene rings is 2. The summed E-state index contributed by atoms with van der Waals surface area (Å²) in [5.74, 6) is 0.0218. The van der Waals surface area contributed by atoms with Crippen LogP contribution in [0.2, 0.25) is 0 Å². The minimum absolute atomic E-state index is 0.211. The van der Waals surface area contributed by atoms with Crippen molar-refractivity contribution in [2.75, 3.05) is 25.0 Å². The van der Waals surface area contributed by atoms with Gasteiger partial charge in [0.1, 0.15) is 17.1 Å². The van der Waals surface area contributed by atoms with Crippen molar-refractivity contribution in [2.24, 2.45) is 0 Å². The fourth-order valence-electron chi connectivity index (χ4n) is 4.29. The van der Waals surface area contributed by atoms with E-state index in [1.807, 2.05) is 20.8 Å². The summed E-state index contributed by atoms with van der Waals surface area (Å²) in [6.07, 6.45) is 0. The van der Waals surface area contributed by atoms with Gasteiger partial charge in [0.05, 0.1) is 22.6 Å². The molecule has 0 saturated carbocycles. The van der Waals surface area contributed by atoms with Crippen LogP contribution in [0.5, 0.6) is 5.75 Å². The van der Waals surface area contributed by atoms with Crippen LogP contribution >= 0.6 is 11.3 Å². The summed E-state index contributed by atoms with van der Waals surface area (Å²) in [6, 6.07) is 15.5. The van der Waals surface area contributed by atoms with Crippen LogP contribution in [0.3, 0.4) is 0 Å². The van der Waals surface area contributed by atoms with Gasteiger partial charge >= 0.3 is 5.69 Å². The Bertz CT molecular complexity index is 1580. The van der Waals surface area contributed by atoms with E-state index in [0.29, 0.717) is 52.1 Å². The zero-order chi connectivity index (χ0) is 27.4. The maximum absolute atomic E-state index is 13.7. The Morgan fingerprint density at radius 2 is 1.63 bits per heavy atom. The average Bonchev–Trinajstić information content (AvgIpc) is 3.26. The third-order valence-corrected chi connectivity index (χ3v) is 7.53. The number of nitrogens with one attached hydrogen (secondary N) is 1. The zero-order valence-corrected chi connectivity index (χ0v) is 22.6. The van der Waals surface area contributed by atoms with Gasteiger partial charge in [-0.2, -0.15) is 0 Å². The van der Waals surface area contributed by atoms with Gasteiger partial charge in [-0.1, -0.05) is 18.2 Å². The number of carbonyl (C=O) groups excluding carboxylic acids is 2. The first-order valence-corrected chi connectivity index (χ1v) is 13.3. The lowest BCUT2D eigenvalue weighted by molar-refractivity contribution is -0.116. The molecule has 198 valence electrons. The topological polar surface area (TPSA) is 103 Å². The Balaban J connectivity index is 1.84. The largest absolute Gasteiger partial charge is 0.494 e. The van der Waals surface area contributed by atoms with Crippen LogP contribution in [-0.2, 0) is 11.3 Å². The van der Waals surface area contributed by atoms with E-state index >= 15 is 0 Å². The predicted molar refractivity (Wildman–Crippen MR) is 150 cm³/mol. The molecule has 2 amide bonds. The molecule has 0 spiro atoms. The molecule has 0 atom stereocenters. The summed E-state index contributed by atoms with van der Waals surface area (Å²) in [4.78, 5) is 56.0. The van der Waals surface area contributed by atoms with E-state index < -0.39 is 17.2 Å². The number of rotatable bonds is 9. The predicted octanol–water partition coefficient (Wildman–Crippen LogP) is 4.04. The quantitative estimate of drug-likeness (QED) is 0.349. The van der Waals surface area contributed by atoms with Crippen LogP contribution in [0.1, 0.15) is 36.0 Å². The van der Waals surface area contributed by atoms with Crippen LogP contribution in [0.4, 0.5) is 5.69 Å². The number of ether oxygens (including phenoxy) is 1. The summed E-state index contributed by atoms with van der Waals surface area (Å²) in [5, 5.41) is 3.05. The van der Waals surface area contributed by atoms with E-state index in [2.05, 4.69) is 5.32 Å². The first-order valence-electron chi connectivity index (χ1n) is 12.5. The minimum Gasteiger partial charge on any atom is -0.494 e. The second kappa shape index (κ2) is 11.5. The molecule has 0 aliphatic carbocycles. The number of para-hydroxylation sites is 1. The molecule has 9 nitrogen and oxygen atoms in total. The standard InChI is InChI=1S/C28H30N4O5S/c1-5-30(6-2)26(35)24-18(4)23-25(34)32(20-11-9-8-10-12-20)28(36)31(27(23)38-24)17-22(33)29-19-13-15-21(16-14-19)37-7-3/h8-16H,5-7,17H2,1-4H3,(H,29,33). The molecule has 2 aromatic carbocycles. The molecule has 0 fully saturated rings. The van der Waals surface area contributed by atoms with E-state index in [1.165, 1.54) is 4.57 Å². The highest BCUT2D eigenvalue weighted by Gasteiger charge is 2.26. The smallest absolute Gasteiger partial charge is 0.337 e. The van der Waals surface area contributed by atoms with Gasteiger partial charge in [-0.05, 0) is 69.7 Å². The number of anilines is 1. The minimum atomic E-state index is -0.654. The van der Waals surface area contributed by atoms with Gasteiger partial charge in [0.25, 0.3) is 11.5 Å². The number of hydrogen-bond donors (Lipinski definition) is 1. The van der Waals surface area contributed by atoms with E-state index in [0.717, 1.165) is 15.9 Å². The molecule has 0 saturated heterocycles. The molecule has 2 aromatic heterocycles. The third-order valence-electron chi connectivity index (χ3n) is 6.22. The van der Waals surface area contributed by atoms with Gasteiger partial charge in [0.2, 0.25) is 5.91 Å². The monoisotopic (exact) mass is 534 g/mol. The molecule has 1 N–H and O–H groups in total. The fraction of sp³-hybridized carbons (Fsp3) is 0.286. The molecular formula is C28H30N4O5S. The molecule has 0 unspecified atom stereocenters. The van der Waals surface area contributed by atoms with E-state index in [-0.39, 0.29) is 17.8 Å². The Hall–Kier alpha value is -4.18. The number of amides is 2. The zero-order valence-electron chi connectivity index (χ0n) is 21.8. The van der Waals surface area contributed by atoms with E-state index in [9.17, 15) is 19.2 Å². The van der Waals surface area contributed by atoms with Crippen LogP contribution in [0, 0.1) is 6.92 Å². The molecule has 0 aliphatic rings. The van der Waals surface area contributed by atoms with Crippen LogP contribution in [0.25, 0.3) is 15.9 Å². The molecular weight excluding hydrogens is 504 g/mol. The Morgan fingerprint density at radius 1 is 0.974 bits per heavy atom. The van der Waals surface area contributed by atoms with Crippen molar-refractivity contribution in [2.45, 2.75) is 34.2 Å². The van der Waals surface area contributed by atoms with Crippen molar-refractivity contribution in [1.82, 2.24) is 14.0 Å². The number of aryl methyl sites for hydroxylation is 1.